The van der Waals surface area contributed by atoms with E-state index in [1.54, 1.807) is 0 Å². The Bertz CT molecular complexity index is 357. The summed E-state index contributed by atoms with van der Waals surface area (Å²) in [6.45, 7) is 1.28. The van der Waals surface area contributed by atoms with Crippen LogP contribution in [0, 0.1) is 11.8 Å². The lowest BCUT2D eigenvalue weighted by atomic mass is 9.78. The maximum Gasteiger partial charge on any atom is 0.392 e. The lowest BCUT2D eigenvalue weighted by molar-refractivity contribution is -0.201. The van der Waals surface area contributed by atoms with Gasteiger partial charge in [0.05, 0.1) is 5.92 Å². The molecule has 1 rings (SSSR count). The van der Waals surface area contributed by atoms with Crippen molar-refractivity contribution >= 4 is 11.9 Å². The molecule has 1 saturated carbocycles. The number of carboxylic acids is 1. The molecule has 0 spiro atoms. The number of nitrogens with zero attached hydrogens (tertiary/aromatic N) is 1. The Morgan fingerprint density at radius 3 is 2.26 bits per heavy atom. The monoisotopic (exact) mass is 281 g/mol. The molecule has 0 radical (unpaired) electrons. The van der Waals surface area contributed by atoms with E-state index in [0.717, 1.165) is 4.90 Å². The molecule has 3 unspecified atom stereocenters. The second kappa shape index (κ2) is 5.79. The first-order chi connectivity index (χ1) is 8.66. The van der Waals surface area contributed by atoms with Crippen LogP contribution in [-0.2, 0) is 9.59 Å². The van der Waals surface area contributed by atoms with Crippen molar-refractivity contribution in [1.29, 1.82) is 0 Å². The first-order valence-electron chi connectivity index (χ1n) is 6.22. The van der Waals surface area contributed by atoms with Crippen molar-refractivity contribution < 1.29 is 27.9 Å². The molecule has 0 aromatic heterocycles. The third-order valence-electron chi connectivity index (χ3n) is 3.79. The van der Waals surface area contributed by atoms with Gasteiger partial charge in [-0.2, -0.15) is 13.2 Å². The number of carbonyl (C=O) groups is 2. The Morgan fingerprint density at radius 1 is 1.26 bits per heavy atom. The van der Waals surface area contributed by atoms with Crippen LogP contribution in [0.4, 0.5) is 13.2 Å². The normalized spacial score (nSPS) is 25.7. The molecule has 0 bridgehead atoms. The second-order valence-corrected chi connectivity index (χ2v) is 5.00. The van der Waals surface area contributed by atoms with Crippen molar-refractivity contribution in [2.75, 3.05) is 7.05 Å². The topological polar surface area (TPSA) is 57.6 Å². The van der Waals surface area contributed by atoms with E-state index in [4.69, 9.17) is 5.11 Å². The van der Waals surface area contributed by atoms with Crippen LogP contribution in [0.5, 0.6) is 0 Å². The zero-order valence-electron chi connectivity index (χ0n) is 10.9. The quantitative estimate of drug-likeness (QED) is 0.863. The molecule has 0 aromatic carbocycles. The van der Waals surface area contributed by atoms with Crippen LogP contribution in [0.25, 0.3) is 0 Å². The van der Waals surface area contributed by atoms with Gasteiger partial charge in [-0.15, -0.1) is 0 Å². The van der Waals surface area contributed by atoms with Crippen LogP contribution in [0.1, 0.15) is 32.6 Å². The molecule has 110 valence electrons. The summed E-state index contributed by atoms with van der Waals surface area (Å²) in [7, 11) is 1.24. The highest BCUT2D eigenvalue weighted by atomic mass is 19.4. The fraction of sp³-hybridized carbons (Fsp3) is 0.833. The lowest BCUT2D eigenvalue weighted by Gasteiger charge is -2.35. The number of rotatable bonds is 3. The van der Waals surface area contributed by atoms with E-state index in [1.165, 1.54) is 14.0 Å². The molecule has 19 heavy (non-hydrogen) atoms. The number of amides is 1. The summed E-state index contributed by atoms with van der Waals surface area (Å²) in [4.78, 5) is 23.8. The zero-order valence-corrected chi connectivity index (χ0v) is 10.9. The van der Waals surface area contributed by atoms with Gasteiger partial charge in [-0.25, -0.2) is 4.79 Å². The van der Waals surface area contributed by atoms with E-state index < -0.39 is 35.9 Å². The predicted octanol–water partition coefficient (Wildman–Crippen LogP) is 2.29. The summed E-state index contributed by atoms with van der Waals surface area (Å²) in [6, 6.07) is -1.12. The molecule has 3 atom stereocenters. The molecule has 0 aliphatic heterocycles. The van der Waals surface area contributed by atoms with E-state index in [2.05, 4.69) is 0 Å². The second-order valence-electron chi connectivity index (χ2n) is 5.00. The summed E-state index contributed by atoms with van der Waals surface area (Å²) in [5.74, 6) is -4.76. The minimum atomic E-state index is -4.41. The number of carboxylic acid groups (broad SMARTS) is 1. The summed E-state index contributed by atoms with van der Waals surface area (Å²) in [5.41, 5.74) is 0. The first-order valence-corrected chi connectivity index (χ1v) is 6.22. The molecule has 0 saturated heterocycles. The summed E-state index contributed by atoms with van der Waals surface area (Å²) in [6.07, 6.45) is -3.28. The first kappa shape index (κ1) is 15.8. The number of aliphatic carboxylic acids is 1. The van der Waals surface area contributed by atoms with Crippen LogP contribution >= 0.6 is 0 Å². The van der Waals surface area contributed by atoms with Crippen molar-refractivity contribution in [3.05, 3.63) is 0 Å². The number of hydrogen-bond acceptors (Lipinski definition) is 2. The van der Waals surface area contributed by atoms with Crippen molar-refractivity contribution in [3.8, 4) is 0 Å². The Kier molecular flexibility index (Phi) is 4.81. The van der Waals surface area contributed by atoms with E-state index in [-0.39, 0.29) is 12.8 Å². The Morgan fingerprint density at radius 2 is 1.79 bits per heavy atom. The lowest BCUT2D eigenvalue weighted by Crippen LogP contribution is -2.48. The van der Waals surface area contributed by atoms with Crippen LogP contribution in [0.2, 0.25) is 0 Å². The summed E-state index contributed by atoms with van der Waals surface area (Å²) < 4.78 is 38.7. The maximum atomic E-state index is 12.9. The zero-order chi connectivity index (χ0) is 14.8. The largest absolute Gasteiger partial charge is 0.480 e. The predicted molar refractivity (Wildman–Crippen MR) is 61.4 cm³/mol. The van der Waals surface area contributed by atoms with E-state index >= 15 is 0 Å². The number of carbonyl (C=O) groups excluding carboxylic acids is 1. The Labute approximate surface area is 109 Å². The number of hydrogen-bond donors (Lipinski definition) is 1. The smallest absolute Gasteiger partial charge is 0.392 e. The maximum absolute atomic E-state index is 12.9. The standard InChI is InChI=1S/C12H18F3NO3/c1-7(11(18)19)16(2)10(17)8-5-3-4-6-9(8)12(13,14)15/h7-9H,3-6H2,1-2H3,(H,18,19). The van der Waals surface area contributed by atoms with Gasteiger partial charge >= 0.3 is 12.1 Å². The molecular weight excluding hydrogens is 263 g/mol. The molecular formula is C12H18F3NO3. The van der Waals surface area contributed by atoms with Gasteiger partial charge in [0, 0.05) is 13.0 Å². The highest BCUT2D eigenvalue weighted by molar-refractivity contribution is 5.84. The molecule has 7 heteroatoms. The molecule has 1 aliphatic carbocycles. The highest BCUT2D eigenvalue weighted by Gasteiger charge is 2.49. The average molecular weight is 281 g/mol. The van der Waals surface area contributed by atoms with Gasteiger partial charge in [-0.3, -0.25) is 4.79 Å². The summed E-state index contributed by atoms with van der Waals surface area (Å²) >= 11 is 0. The van der Waals surface area contributed by atoms with E-state index in [9.17, 15) is 22.8 Å². The van der Waals surface area contributed by atoms with Crippen LogP contribution in [0.15, 0.2) is 0 Å². The molecule has 1 N–H and O–H groups in total. The molecule has 0 aromatic rings. The number of alkyl halides is 3. The van der Waals surface area contributed by atoms with Gasteiger partial charge in [0.25, 0.3) is 0 Å². The Balaban J connectivity index is 2.86. The van der Waals surface area contributed by atoms with Crippen LogP contribution < -0.4 is 0 Å². The van der Waals surface area contributed by atoms with Crippen molar-refractivity contribution in [2.24, 2.45) is 11.8 Å². The van der Waals surface area contributed by atoms with Crippen molar-refractivity contribution in [2.45, 2.75) is 44.8 Å². The fourth-order valence-corrected chi connectivity index (χ4v) is 2.44. The van der Waals surface area contributed by atoms with Crippen molar-refractivity contribution in [1.82, 2.24) is 4.90 Å². The molecule has 1 fully saturated rings. The fourth-order valence-electron chi connectivity index (χ4n) is 2.44. The third kappa shape index (κ3) is 3.61. The van der Waals surface area contributed by atoms with Gasteiger partial charge in [-0.1, -0.05) is 12.8 Å². The molecule has 0 heterocycles. The molecule has 1 amide bonds. The third-order valence-corrected chi connectivity index (χ3v) is 3.79. The average Bonchev–Trinajstić information content (AvgIpc) is 2.35. The van der Waals surface area contributed by atoms with E-state index in [0.29, 0.717) is 12.8 Å². The van der Waals surface area contributed by atoms with Gasteiger partial charge in [0.1, 0.15) is 6.04 Å². The van der Waals surface area contributed by atoms with Crippen LogP contribution in [0.3, 0.4) is 0 Å². The minimum absolute atomic E-state index is 0.0603. The minimum Gasteiger partial charge on any atom is -0.480 e. The Hall–Kier alpha value is -1.27. The van der Waals surface area contributed by atoms with Gasteiger partial charge in [0.2, 0.25) is 5.91 Å². The molecule has 4 nitrogen and oxygen atoms in total. The van der Waals surface area contributed by atoms with Gasteiger partial charge < -0.3 is 10.0 Å². The number of halogens is 3. The van der Waals surface area contributed by atoms with Crippen LogP contribution in [-0.4, -0.2) is 41.1 Å². The van der Waals surface area contributed by atoms with Gasteiger partial charge in [-0.05, 0) is 19.8 Å². The van der Waals surface area contributed by atoms with Gasteiger partial charge in [0.15, 0.2) is 0 Å². The van der Waals surface area contributed by atoms with Crippen molar-refractivity contribution in [3.63, 3.8) is 0 Å². The SMILES string of the molecule is CC(C(=O)O)N(C)C(=O)C1CCCCC1C(F)(F)F. The number of likely N-dealkylation sites (N-methyl/N-ethyl adjacent to an activating group) is 1. The highest BCUT2D eigenvalue weighted by Crippen LogP contribution is 2.42. The molecule has 1 aliphatic rings. The van der Waals surface area contributed by atoms with E-state index in [1.807, 2.05) is 0 Å². The summed E-state index contributed by atoms with van der Waals surface area (Å²) in [5, 5.41) is 8.81.